The molecule has 0 aliphatic carbocycles. The lowest BCUT2D eigenvalue weighted by atomic mass is 10.0. The molecule has 0 spiro atoms. The number of hydrogen-bond donors (Lipinski definition) is 2. The van der Waals surface area contributed by atoms with Crippen LogP contribution in [0.2, 0.25) is 0 Å². The SMILES string of the molecule is Cc1nn(-c2ccccc2)c(C)c1C=CC(=O)NC(c1nc2ccccc2[nH]1)C(C)C. The summed E-state index contributed by atoms with van der Waals surface area (Å²) in [4.78, 5) is 20.7. The second-order valence-corrected chi connectivity index (χ2v) is 8.03. The highest BCUT2D eigenvalue weighted by Gasteiger charge is 2.21. The first-order valence-electron chi connectivity index (χ1n) is 10.5. The van der Waals surface area contributed by atoms with Crippen molar-refractivity contribution in [2.24, 2.45) is 5.92 Å². The number of imidazole rings is 1. The van der Waals surface area contributed by atoms with Crippen LogP contribution in [0, 0.1) is 19.8 Å². The Morgan fingerprint density at radius 1 is 1.06 bits per heavy atom. The molecule has 0 saturated carbocycles. The van der Waals surface area contributed by atoms with Gasteiger partial charge in [-0.1, -0.05) is 44.2 Å². The third kappa shape index (κ3) is 4.28. The number of hydrogen-bond acceptors (Lipinski definition) is 3. The summed E-state index contributed by atoms with van der Waals surface area (Å²) in [6, 6.07) is 17.6. The molecule has 2 heterocycles. The third-order valence-corrected chi connectivity index (χ3v) is 5.42. The van der Waals surface area contributed by atoms with E-state index in [-0.39, 0.29) is 17.9 Å². The number of nitrogens with zero attached hydrogens (tertiary/aromatic N) is 3. The number of para-hydroxylation sites is 3. The number of amides is 1. The molecule has 1 unspecified atom stereocenters. The van der Waals surface area contributed by atoms with Gasteiger partial charge in [-0.2, -0.15) is 5.10 Å². The standard InChI is InChI=1S/C25H27N5O/c1-16(2)24(25-26-21-12-8-9-13-22(21)27-25)28-23(31)15-14-20-17(3)29-30(18(20)4)19-10-6-5-7-11-19/h5-16,24H,1-4H3,(H,26,27)(H,28,31). The molecule has 158 valence electrons. The molecule has 0 saturated heterocycles. The largest absolute Gasteiger partial charge is 0.342 e. The molecule has 0 bridgehead atoms. The monoisotopic (exact) mass is 413 g/mol. The highest BCUT2D eigenvalue weighted by atomic mass is 16.1. The van der Waals surface area contributed by atoms with Gasteiger partial charge in [0.05, 0.1) is 28.5 Å². The van der Waals surface area contributed by atoms with Gasteiger partial charge in [-0.3, -0.25) is 4.79 Å². The molecule has 2 aromatic heterocycles. The number of rotatable bonds is 6. The van der Waals surface area contributed by atoms with E-state index in [1.54, 1.807) is 6.08 Å². The van der Waals surface area contributed by atoms with Gasteiger partial charge < -0.3 is 10.3 Å². The normalized spacial score (nSPS) is 12.7. The summed E-state index contributed by atoms with van der Waals surface area (Å²) in [7, 11) is 0. The molecular weight excluding hydrogens is 386 g/mol. The van der Waals surface area contributed by atoms with Crippen LogP contribution in [-0.2, 0) is 4.79 Å². The molecule has 2 N–H and O–H groups in total. The van der Waals surface area contributed by atoms with Crippen LogP contribution in [0.1, 0.15) is 42.7 Å². The Hall–Kier alpha value is -3.67. The molecule has 2 aromatic carbocycles. The number of benzene rings is 2. The molecule has 0 radical (unpaired) electrons. The van der Waals surface area contributed by atoms with Crippen LogP contribution in [0.3, 0.4) is 0 Å². The van der Waals surface area contributed by atoms with Crippen LogP contribution in [0.4, 0.5) is 0 Å². The van der Waals surface area contributed by atoms with E-state index in [1.807, 2.05) is 79.2 Å². The van der Waals surface area contributed by atoms with E-state index >= 15 is 0 Å². The maximum absolute atomic E-state index is 12.8. The van der Waals surface area contributed by atoms with Gasteiger partial charge in [-0.25, -0.2) is 9.67 Å². The zero-order valence-electron chi connectivity index (χ0n) is 18.3. The van der Waals surface area contributed by atoms with Gasteiger partial charge in [0.15, 0.2) is 0 Å². The molecule has 0 fully saturated rings. The Labute approximate surface area is 182 Å². The van der Waals surface area contributed by atoms with Gasteiger partial charge in [-0.15, -0.1) is 0 Å². The smallest absolute Gasteiger partial charge is 0.244 e. The van der Waals surface area contributed by atoms with E-state index in [0.29, 0.717) is 0 Å². The first-order chi connectivity index (χ1) is 14.9. The van der Waals surface area contributed by atoms with Crippen LogP contribution in [0.5, 0.6) is 0 Å². The number of carbonyl (C=O) groups excluding carboxylic acids is 1. The number of aryl methyl sites for hydroxylation is 1. The zero-order chi connectivity index (χ0) is 22.0. The summed E-state index contributed by atoms with van der Waals surface area (Å²) >= 11 is 0. The van der Waals surface area contributed by atoms with Gasteiger partial charge in [-0.05, 0) is 50.1 Å². The highest BCUT2D eigenvalue weighted by molar-refractivity contribution is 5.92. The number of nitrogens with one attached hydrogen (secondary N) is 2. The lowest BCUT2D eigenvalue weighted by molar-refractivity contribution is -0.117. The van der Waals surface area contributed by atoms with E-state index in [9.17, 15) is 4.79 Å². The van der Waals surface area contributed by atoms with Crippen LogP contribution in [-0.4, -0.2) is 25.7 Å². The van der Waals surface area contributed by atoms with E-state index in [0.717, 1.165) is 39.5 Å². The van der Waals surface area contributed by atoms with Gasteiger partial charge in [0, 0.05) is 17.3 Å². The van der Waals surface area contributed by atoms with Crippen molar-refractivity contribution in [1.29, 1.82) is 0 Å². The van der Waals surface area contributed by atoms with Gasteiger partial charge in [0.25, 0.3) is 0 Å². The van der Waals surface area contributed by atoms with E-state index in [2.05, 4.69) is 34.2 Å². The van der Waals surface area contributed by atoms with Crippen LogP contribution >= 0.6 is 0 Å². The molecule has 0 aliphatic rings. The fraction of sp³-hybridized carbons (Fsp3) is 0.240. The van der Waals surface area contributed by atoms with Gasteiger partial charge in [0.2, 0.25) is 5.91 Å². The molecule has 1 atom stereocenters. The summed E-state index contributed by atoms with van der Waals surface area (Å²) < 4.78 is 1.90. The third-order valence-electron chi connectivity index (χ3n) is 5.42. The number of carbonyl (C=O) groups is 1. The van der Waals surface area contributed by atoms with Crippen molar-refractivity contribution in [2.75, 3.05) is 0 Å². The molecule has 6 nitrogen and oxygen atoms in total. The summed E-state index contributed by atoms with van der Waals surface area (Å²) in [6.45, 7) is 8.10. The van der Waals surface area contributed by atoms with Crippen molar-refractivity contribution in [3.63, 3.8) is 0 Å². The number of aromatic nitrogens is 4. The van der Waals surface area contributed by atoms with E-state index in [1.165, 1.54) is 0 Å². The summed E-state index contributed by atoms with van der Waals surface area (Å²) in [5, 5.41) is 7.73. The van der Waals surface area contributed by atoms with Crippen LogP contribution < -0.4 is 5.32 Å². The minimum Gasteiger partial charge on any atom is -0.342 e. The van der Waals surface area contributed by atoms with Crippen molar-refractivity contribution in [1.82, 2.24) is 25.1 Å². The van der Waals surface area contributed by atoms with E-state index in [4.69, 9.17) is 0 Å². The Bertz CT molecular complexity index is 1200. The summed E-state index contributed by atoms with van der Waals surface area (Å²) in [5.74, 6) is 0.787. The molecule has 4 rings (SSSR count). The van der Waals surface area contributed by atoms with Crippen molar-refractivity contribution in [3.8, 4) is 5.69 Å². The maximum atomic E-state index is 12.8. The molecular formula is C25H27N5O. The second-order valence-electron chi connectivity index (χ2n) is 8.03. The van der Waals surface area contributed by atoms with Crippen molar-refractivity contribution >= 4 is 23.0 Å². The number of fused-ring (bicyclic) bond motifs is 1. The Morgan fingerprint density at radius 2 is 1.77 bits per heavy atom. The first-order valence-corrected chi connectivity index (χ1v) is 10.5. The molecule has 6 heteroatoms. The summed E-state index contributed by atoms with van der Waals surface area (Å²) in [5.41, 5.74) is 5.68. The lowest BCUT2D eigenvalue weighted by Crippen LogP contribution is -2.31. The van der Waals surface area contributed by atoms with Gasteiger partial charge >= 0.3 is 0 Å². The minimum absolute atomic E-state index is 0.162. The Balaban J connectivity index is 1.54. The number of H-pyrrole nitrogens is 1. The number of aromatic amines is 1. The average molecular weight is 414 g/mol. The Morgan fingerprint density at radius 3 is 2.48 bits per heavy atom. The molecule has 0 aliphatic heterocycles. The first kappa shape index (κ1) is 20.6. The van der Waals surface area contributed by atoms with Crippen molar-refractivity contribution in [3.05, 3.63) is 83.4 Å². The fourth-order valence-electron chi connectivity index (χ4n) is 3.75. The molecule has 31 heavy (non-hydrogen) atoms. The van der Waals surface area contributed by atoms with Crippen molar-refractivity contribution in [2.45, 2.75) is 33.7 Å². The summed E-state index contributed by atoms with van der Waals surface area (Å²) in [6.07, 6.45) is 3.41. The predicted octanol–water partition coefficient (Wildman–Crippen LogP) is 4.89. The van der Waals surface area contributed by atoms with Crippen LogP contribution in [0.15, 0.2) is 60.7 Å². The van der Waals surface area contributed by atoms with Crippen LogP contribution in [0.25, 0.3) is 22.8 Å². The predicted molar refractivity (Wildman–Crippen MR) is 124 cm³/mol. The Kier molecular flexibility index (Phi) is 5.71. The average Bonchev–Trinajstić information content (AvgIpc) is 3.31. The highest BCUT2D eigenvalue weighted by Crippen LogP contribution is 2.23. The quantitative estimate of drug-likeness (QED) is 0.442. The topological polar surface area (TPSA) is 75.6 Å². The molecule has 4 aromatic rings. The zero-order valence-corrected chi connectivity index (χ0v) is 18.3. The minimum atomic E-state index is -0.209. The molecule has 1 amide bonds. The fourth-order valence-corrected chi connectivity index (χ4v) is 3.75. The maximum Gasteiger partial charge on any atom is 0.244 e. The van der Waals surface area contributed by atoms with Crippen molar-refractivity contribution < 1.29 is 4.79 Å². The second kappa shape index (κ2) is 8.60. The van der Waals surface area contributed by atoms with Gasteiger partial charge in [0.1, 0.15) is 5.82 Å². The van der Waals surface area contributed by atoms with E-state index < -0.39 is 0 Å². The lowest BCUT2D eigenvalue weighted by Gasteiger charge is -2.19.